The molecule has 160 valence electrons. The number of likely N-dealkylation sites (tertiary alicyclic amines) is 1. The number of benzene rings is 1. The molecular weight excluding hydrogens is 407 g/mol. The fourth-order valence-electron chi connectivity index (χ4n) is 3.34. The Morgan fingerprint density at radius 3 is 2.43 bits per heavy atom. The fourth-order valence-corrected chi connectivity index (χ4v) is 4.37. The Labute approximate surface area is 177 Å². The van der Waals surface area contributed by atoms with E-state index in [0.717, 1.165) is 37.0 Å². The van der Waals surface area contributed by atoms with Crippen molar-refractivity contribution in [3.63, 3.8) is 0 Å². The van der Waals surface area contributed by atoms with Crippen molar-refractivity contribution in [2.75, 3.05) is 19.7 Å². The summed E-state index contributed by atoms with van der Waals surface area (Å²) in [6.07, 6.45) is 6.97. The van der Waals surface area contributed by atoms with Gasteiger partial charge < -0.3 is 9.64 Å². The van der Waals surface area contributed by atoms with E-state index in [1.807, 2.05) is 0 Å². The van der Waals surface area contributed by atoms with Crippen LogP contribution in [0.2, 0.25) is 0 Å². The minimum Gasteiger partial charge on any atom is -0.463 e. The highest BCUT2D eigenvalue weighted by atomic mass is 32.1. The lowest BCUT2D eigenvalue weighted by Gasteiger charge is -2.20. The summed E-state index contributed by atoms with van der Waals surface area (Å²) in [6.45, 7) is 3.15. The van der Waals surface area contributed by atoms with Gasteiger partial charge in [0.25, 0.3) is 5.56 Å². The minimum absolute atomic E-state index is 0.127. The number of aromatic nitrogens is 1. The predicted octanol–water partition coefficient (Wildman–Crippen LogP) is 1.62. The quantitative estimate of drug-likeness (QED) is 0.674. The number of esters is 1. The number of carbonyl (C=O) groups is 2. The summed E-state index contributed by atoms with van der Waals surface area (Å²) < 4.78 is 20.2. The number of rotatable bonds is 5. The fraction of sp³-hybridized carbons (Fsp3) is 0.409. The van der Waals surface area contributed by atoms with E-state index in [1.54, 1.807) is 30.0 Å². The van der Waals surface area contributed by atoms with Crippen LogP contribution in [0.3, 0.4) is 0 Å². The Morgan fingerprint density at radius 1 is 1.13 bits per heavy atom. The van der Waals surface area contributed by atoms with Crippen molar-refractivity contribution in [1.82, 2.24) is 9.47 Å². The Morgan fingerprint density at radius 2 is 1.80 bits per heavy atom. The molecule has 1 amide bonds. The van der Waals surface area contributed by atoms with E-state index < -0.39 is 5.97 Å². The summed E-state index contributed by atoms with van der Waals surface area (Å²) in [6, 6.07) is 5.75. The Balaban J connectivity index is 2.00. The largest absolute Gasteiger partial charge is 0.463 e. The van der Waals surface area contributed by atoms with Crippen molar-refractivity contribution in [3.8, 4) is 0 Å². The van der Waals surface area contributed by atoms with Crippen molar-refractivity contribution in [3.05, 3.63) is 55.2 Å². The number of halogens is 1. The zero-order chi connectivity index (χ0) is 21.5. The lowest BCUT2D eigenvalue weighted by molar-refractivity contribution is -0.135. The van der Waals surface area contributed by atoms with Crippen LogP contribution < -0.4 is 14.8 Å². The number of hydrogen-bond donors (Lipinski definition) is 0. The van der Waals surface area contributed by atoms with Crippen LogP contribution >= 0.6 is 11.3 Å². The molecule has 0 saturated carbocycles. The molecule has 2 heterocycles. The molecule has 1 fully saturated rings. The second kappa shape index (κ2) is 10.3. The molecule has 0 unspecified atom stereocenters. The smallest absolute Gasteiger partial charge is 0.333 e. The highest BCUT2D eigenvalue weighted by Crippen LogP contribution is 2.10. The third-order valence-electron chi connectivity index (χ3n) is 4.88. The van der Waals surface area contributed by atoms with Gasteiger partial charge in [0.05, 0.1) is 17.2 Å². The standard InChI is InChI=1S/C22H25FN2O4S/c1-2-29-21(27)14-20-25(15-19(26)24-11-5-3-4-6-12-24)22(28)18(30-20)13-16-7-9-17(23)10-8-16/h7-10,13-14H,2-6,11-12,15H2,1H3. The number of ether oxygens (including phenoxy) is 1. The molecule has 0 bridgehead atoms. The first-order chi connectivity index (χ1) is 14.5. The van der Waals surface area contributed by atoms with Gasteiger partial charge in [-0.25, -0.2) is 9.18 Å². The number of carbonyl (C=O) groups excluding carboxylic acids is 2. The summed E-state index contributed by atoms with van der Waals surface area (Å²) in [5.41, 5.74) is 0.298. The highest BCUT2D eigenvalue weighted by Gasteiger charge is 2.18. The average Bonchev–Trinajstić information content (AvgIpc) is 2.92. The summed E-state index contributed by atoms with van der Waals surface area (Å²) in [4.78, 5) is 39.6. The number of amides is 1. The van der Waals surface area contributed by atoms with Gasteiger partial charge in [0.15, 0.2) is 0 Å². The van der Waals surface area contributed by atoms with E-state index in [9.17, 15) is 18.8 Å². The summed E-state index contributed by atoms with van der Waals surface area (Å²) in [7, 11) is 0. The summed E-state index contributed by atoms with van der Waals surface area (Å²) in [5, 5.41) is 0. The van der Waals surface area contributed by atoms with Crippen LogP contribution in [0, 0.1) is 5.82 Å². The van der Waals surface area contributed by atoms with Crippen LogP contribution in [0.4, 0.5) is 4.39 Å². The van der Waals surface area contributed by atoms with Crippen LogP contribution in [0.25, 0.3) is 12.2 Å². The van der Waals surface area contributed by atoms with Crippen LogP contribution in [0.5, 0.6) is 0 Å². The molecule has 0 N–H and O–H groups in total. The van der Waals surface area contributed by atoms with Crippen LogP contribution in [0.1, 0.15) is 38.2 Å². The zero-order valence-corrected chi connectivity index (χ0v) is 17.8. The van der Waals surface area contributed by atoms with E-state index >= 15 is 0 Å². The van der Waals surface area contributed by atoms with Crippen LogP contribution in [-0.4, -0.2) is 41.0 Å². The molecule has 1 aromatic carbocycles. The number of nitrogens with zero attached hydrogens (tertiary/aromatic N) is 2. The van der Waals surface area contributed by atoms with Crippen molar-refractivity contribution in [2.45, 2.75) is 39.2 Å². The first kappa shape index (κ1) is 22.0. The summed E-state index contributed by atoms with van der Waals surface area (Å²) >= 11 is 1.11. The van der Waals surface area contributed by atoms with Crippen molar-refractivity contribution in [2.24, 2.45) is 0 Å². The second-order valence-electron chi connectivity index (χ2n) is 7.08. The molecule has 6 nitrogen and oxygen atoms in total. The first-order valence-electron chi connectivity index (χ1n) is 10.1. The normalized spacial score (nSPS) is 15.9. The van der Waals surface area contributed by atoms with Crippen LogP contribution in [-0.2, 0) is 20.9 Å². The molecule has 30 heavy (non-hydrogen) atoms. The molecule has 1 aliphatic heterocycles. The minimum atomic E-state index is -0.567. The maximum absolute atomic E-state index is 13.2. The van der Waals surface area contributed by atoms with Gasteiger partial charge in [-0.2, -0.15) is 0 Å². The molecule has 0 spiro atoms. The summed E-state index contributed by atoms with van der Waals surface area (Å²) in [5.74, 6) is -1.07. The maximum Gasteiger partial charge on any atom is 0.333 e. The monoisotopic (exact) mass is 432 g/mol. The molecular formula is C22H25FN2O4S. The molecule has 8 heteroatoms. The van der Waals surface area contributed by atoms with Gasteiger partial charge in [0.1, 0.15) is 17.0 Å². The van der Waals surface area contributed by atoms with Gasteiger partial charge in [-0.3, -0.25) is 14.2 Å². The third-order valence-corrected chi connectivity index (χ3v) is 5.94. The Hall–Kier alpha value is -2.74. The van der Waals surface area contributed by atoms with Gasteiger partial charge in [-0.05, 0) is 43.5 Å². The van der Waals surface area contributed by atoms with Gasteiger partial charge >= 0.3 is 5.97 Å². The van der Waals surface area contributed by atoms with Crippen molar-refractivity contribution >= 4 is 35.4 Å². The molecule has 1 aromatic heterocycles. The molecule has 1 saturated heterocycles. The van der Waals surface area contributed by atoms with E-state index in [1.165, 1.54) is 22.8 Å². The van der Waals surface area contributed by atoms with Crippen molar-refractivity contribution < 1.29 is 18.7 Å². The first-order valence-corrected chi connectivity index (χ1v) is 10.9. The van der Waals surface area contributed by atoms with Gasteiger partial charge in [-0.1, -0.05) is 25.0 Å². The van der Waals surface area contributed by atoms with Gasteiger partial charge in [-0.15, -0.1) is 11.3 Å². The van der Waals surface area contributed by atoms with E-state index in [0.29, 0.717) is 27.8 Å². The Bertz CT molecular complexity index is 1060. The number of hydrogen-bond acceptors (Lipinski definition) is 5. The lowest BCUT2D eigenvalue weighted by atomic mass is 10.2. The molecule has 2 aromatic rings. The molecule has 0 radical (unpaired) electrons. The van der Waals surface area contributed by atoms with Crippen LogP contribution in [0.15, 0.2) is 29.1 Å². The van der Waals surface area contributed by atoms with Gasteiger partial charge in [0.2, 0.25) is 5.91 Å². The van der Waals surface area contributed by atoms with E-state index in [4.69, 9.17) is 4.74 Å². The van der Waals surface area contributed by atoms with E-state index in [2.05, 4.69) is 0 Å². The topological polar surface area (TPSA) is 68.6 Å². The second-order valence-corrected chi connectivity index (χ2v) is 8.15. The molecule has 1 aliphatic rings. The van der Waals surface area contributed by atoms with E-state index in [-0.39, 0.29) is 30.4 Å². The highest BCUT2D eigenvalue weighted by molar-refractivity contribution is 7.07. The van der Waals surface area contributed by atoms with Crippen molar-refractivity contribution in [1.29, 1.82) is 0 Å². The molecule has 0 aliphatic carbocycles. The predicted molar refractivity (Wildman–Crippen MR) is 114 cm³/mol. The third kappa shape index (κ3) is 5.66. The van der Waals surface area contributed by atoms with Gasteiger partial charge in [0, 0.05) is 13.1 Å². The Kier molecular flexibility index (Phi) is 7.57. The SMILES string of the molecule is CCOC(=O)C=c1sc(=Cc2ccc(F)cc2)c(=O)n1CC(=O)N1CCCCCC1. The molecule has 0 atom stereocenters. The lowest BCUT2D eigenvalue weighted by Crippen LogP contribution is -2.41. The zero-order valence-electron chi connectivity index (χ0n) is 16.9. The number of thiazole rings is 1. The average molecular weight is 433 g/mol. The molecule has 3 rings (SSSR count). The maximum atomic E-state index is 13.2.